The van der Waals surface area contributed by atoms with Crippen LogP contribution in [0.1, 0.15) is 43.2 Å². The van der Waals surface area contributed by atoms with Crippen molar-refractivity contribution < 1.29 is 14.4 Å². The van der Waals surface area contributed by atoms with E-state index in [-0.39, 0.29) is 36.7 Å². The Labute approximate surface area is 184 Å². The monoisotopic (exact) mass is 421 g/mol. The number of amides is 3. The van der Waals surface area contributed by atoms with Gasteiger partial charge in [0, 0.05) is 18.2 Å². The molecule has 2 aromatic carbocycles. The average Bonchev–Trinajstić information content (AvgIpc) is 2.78. The highest BCUT2D eigenvalue weighted by Crippen LogP contribution is 2.26. The van der Waals surface area contributed by atoms with Crippen molar-refractivity contribution in [2.45, 2.75) is 45.6 Å². The van der Waals surface area contributed by atoms with Crippen molar-refractivity contribution in [3.05, 3.63) is 65.7 Å². The van der Waals surface area contributed by atoms with Crippen LogP contribution in [-0.4, -0.2) is 35.7 Å². The number of benzene rings is 2. The molecule has 0 atom stereocenters. The highest BCUT2D eigenvalue weighted by Gasteiger charge is 2.27. The molecule has 3 amide bonds. The lowest BCUT2D eigenvalue weighted by Gasteiger charge is -2.29. The van der Waals surface area contributed by atoms with E-state index in [2.05, 4.69) is 10.6 Å². The third-order valence-electron chi connectivity index (χ3n) is 5.56. The number of carbonyl (C=O) groups is 3. The van der Waals surface area contributed by atoms with Crippen LogP contribution in [0.5, 0.6) is 0 Å². The maximum atomic E-state index is 13.1. The SMILES string of the molecule is Cc1cccc(NC(=O)CNC(=O)CN(Cc2ccccc2)C(=O)C2CCCCC2)c1. The molecule has 6 heteroatoms. The Morgan fingerprint density at radius 3 is 2.39 bits per heavy atom. The number of nitrogens with one attached hydrogen (secondary N) is 2. The second-order valence-electron chi connectivity index (χ2n) is 8.21. The molecule has 0 heterocycles. The molecular formula is C25H31N3O3. The van der Waals surface area contributed by atoms with Crippen molar-refractivity contribution in [2.24, 2.45) is 5.92 Å². The lowest BCUT2D eigenvalue weighted by Crippen LogP contribution is -2.44. The fourth-order valence-electron chi connectivity index (χ4n) is 3.96. The minimum absolute atomic E-state index is 0.0186. The number of anilines is 1. The normalized spacial score (nSPS) is 14.0. The van der Waals surface area contributed by atoms with Crippen LogP contribution in [0.4, 0.5) is 5.69 Å². The summed E-state index contributed by atoms with van der Waals surface area (Å²) in [4.78, 5) is 39.5. The Balaban J connectivity index is 1.56. The van der Waals surface area contributed by atoms with E-state index in [9.17, 15) is 14.4 Å². The molecule has 6 nitrogen and oxygen atoms in total. The molecule has 0 bridgehead atoms. The second-order valence-corrected chi connectivity index (χ2v) is 8.21. The summed E-state index contributed by atoms with van der Waals surface area (Å²) in [6.45, 7) is 2.15. The molecule has 1 aliphatic carbocycles. The van der Waals surface area contributed by atoms with Crippen LogP contribution in [0.3, 0.4) is 0 Å². The van der Waals surface area contributed by atoms with Crippen LogP contribution in [-0.2, 0) is 20.9 Å². The largest absolute Gasteiger partial charge is 0.345 e. The lowest BCUT2D eigenvalue weighted by molar-refractivity contribution is -0.141. The Bertz CT molecular complexity index is 892. The van der Waals surface area contributed by atoms with Crippen LogP contribution < -0.4 is 10.6 Å². The number of rotatable bonds is 8. The predicted molar refractivity (Wildman–Crippen MR) is 121 cm³/mol. The van der Waals surface area contributed by atoms with E-state index in [1.807, 2.05) is 55.5 Å². The summed E-state index contributed by atoms with van der Waals surface area (Å²) in [5, 5.41) is 5.42. The molecule has 3 rings (SSSR count). The number of nitrogens with zero attached hydrogens (tertiary/aromatic N) is 1. The van der Waals surface area contributed by atoms with Gasteiger partial charge < -0.3 is 15.5 Å². The summed E-state index contributed by atoms with van der Waals surface area (Å²) in [5.41, 5.74) is 2.72. The highest BCUT2D eigenvalue weighted by atomic mass is 16.2. The smallest absolute Gasteiger partial charge is 0.243 e. The maximum Gasteiger partial charge on any atom is 0.243 e. The van der Waals surface area contributed by atoms with Gasteiger partial charge in [-0.1, -0.05) is 61.7 Å². The van der Waals surface area contributed by atoms with E-state index in [1.165, 1.54) is 6.42 Å². The summed E-state index contributed by atoms with van der Waals surface area (Å²) in [5.74, 6) is -0.621. The Kier molecular flexibility index (Phi) is 8.21. The molecule has 0 unspecified atom stereocenters. The first kappa shape index (κ1) is 22.5. The van der Waals surface area contributed by atoms with Gasteiger partial charge in [0.2, 0.25) is 17.7 Å². The molecule has 0 saturated heterocycles. The quantitative estimate of drug-likeness (QED) is 0.683. The second kappa shape index (κ2) is 11.3. The van der Waals surface area contributed by atoms with E-state index in [4.69, 9.17) is 0 Å². The van der Waals surface area contributed by atoms with Gasteiger partial charge in [-0.25, -0.2) is 0 Å². The summed E-state index contributed by atoms with van der Waals surface area (Å²) in [6, 6.07) is 17.2. The van der Waals surface area contributed by atoms with Gasteiger partial charge in [0.1, 0.15) is 0 Å². The standard InChI is InChI=1S/C25H31N3O3/c1-19-9-8-14-22(15-19)27-23(29)16-26-24(30)18-28(17-20-10-4-2-5-11-20)25(31)21-12-6-3-7-13-21/h2,4-5,8-11,14-15,21H,3,6-7,12-13,16-18H2,1H3,(H,26,30)(H,27,29). The van der Waals surface area contributed by atoms with E-state index >= 15 is 0 Å². The van der Waals surface area contributed by atoms with Crippen LogP contribution >= 0.6 is 0 Å². The zero-order valence-electron chi connectivity index (χ0n) is 18.1. The number of hydrogen-bond acceptors (Lipinski definition) is 3. The van der Waals surface area contributed by atoms with Crippen molar-refractivity contribution in [1.82, 2.24) is 10.2 Å². The molecular weight excluding hydrogens is 390 g/mol. The minimum atomic E-state index is -0.334. The molecule has 0 radical (unpaired) electrons. The molecule has 2 N–H and O–H groups in total. The van der Waals surface area contributed by atoms with E-state index in [0.717, 1.165) is 36.8 Å². The topological polar surface area (TPSA) is 78.5 Å². The summed E-state index contributed by atoms with van der Waals surface area (Å²) in [6.07, 6.45) is 5.04. The molecule has 31 heavy (non-hydrogen) atoms. The van der Waals surface area contributed by atoms with Gasteiger partial charge in [0.15, 0.2) is 0 Å². The fourth-order valence-corrected chi connectivity index (χ4v) is 3.96. The van der Waals surface area contributed by atoms with Gasteiger partial charge in [-0.15, -0.1) is 0 Å². The first-order valence-electron chi connectivity index (χ1n) is 11.0. The zero-order valence-corrected chi connectivity index (χ0v) is 18.1. The number of aryl methyl sites for hydroxylation is 1. The first-order chi connectivity index (χ1) is 15.0. The third kappa shape index (κ3) is 7.24. The van der Waals surface area contributed by atoms with Gasteiger partial charge in [0.25, 0.3) is 0 Å². The van der Waals surface area contributed by atoms with Gasteiger partial charge in [-0.2, -0.15) is 0 Å². The van der Waals surface area contributed by atoms with Crippen LogP contribution in [0.2, 0.25) is 0 Å². The van der Waals surface area contributed by atoms with Crippen molar-refractivity contribution >= 4 is 23.4 Å². The Morgan fingerprint density at radius 1 is 0.935 bits per heavy atom. The highest BCUT2D eigenvalue weighted by molar-refractivity contribution is 5.95. The zero-order chi connectivity index (χ0) is 22.1. The van der Waals surface area contributed by atoms with E-state index in [0.29, 0.717) is 12.2 Å². The molecule has 1 saturated carbocycles. The maximum absolute atomic E-state index is 13.1. The van der Waals surface area contributed by atoms with Gasteiger partial charge in [-0.3, -0.25) is 14.4 Å². The molecule has 1 fully saturated rings. The van der Waals surface area contributed by atoms with E-state index < -0.39 is 0 Å². The van der Waals surface area contributed by atoms with Gasteiger partial charge >= 0.3 is 0 Å². The van der Waals surface area contributed by atoms with Crippen molar-refractivity contribution in [2.75, 3.05) is 18.4 Å². The van der Waals surface area contributed by atoms with Crippen LogP contribution in [0, 0.1) is 12.8 Å². The van der Waals surface area contributed by atoms with Crippen molar-refractivity contribution in [1.29, 1.82) is 0 Å². The summed E-state index contributed by atoms with van der Waals surface area (Å²) >= 11 is 0. The molecule has 164 valence electrons. The molecule has 0 spiro atoms. The predicted octanol–water partition coefficient (Wildman–Crippen LogP) is 3.66. The van der Waals surface area contributed by atoms with Gasteiger partial charge in [-0.05, 0) is 43.0 Å². The molecule has 0 aliphatic heterocycles. The Morgan fingerprint density at radius 2 is 1.68 bits per heavy atom. The molecule has 2 aromatic rings. The lowest BCUT2D eigenvalue weighted by atomic mass is 9.88. The van der Waals surface area contributed by atoms with Crippen LogP contribution in [0.15, 0.2) is 54.6 Å². The van der Waals surface area contributed by atoms with Crippen molar-refractivity contribution in [3.8, 4) is 0 Å². The first-order valence-corrected chi connectivity index (χ1v) is 11.0. The Hall–Kier alpha value is -3.15. The van der Waals surface area contributed by atoms with Crippen LogP contribution in [0.25, 0.3) is 0 Å². The number of carbonyl (C=O) groups excluding carboxylic acids is 3. The van der Waals surface area contributed by atoms with E-state index in [1.54, 1.807) is 11.0 Å². The summed E-state index contributed by atoms with van der Waals surface area (Å²) in [7, 11) is 0. The van der Waals surface area contributed by atoms with Crippen molar-refractivity contribution in [3.63, 3.8) is 0 Å². The number of hydrogen-bond donors (Lipinski definition) is 2. The minimum Gasteiger partial charge on any atom is -0.345 e. The van der Waals surface area contributed by atoms with Gasteiger partial charge in [0.05, 0.1) is 13.1 Å². The third-order valence-corrected chi connectivity index (χ3v) is 5.56. The molecule has 0 aromatic heterocycles. The average molecular weight is 422 g/mol. The fraction of sp³-hybridized carbons (Fsp3) is 0.400. The molecule has 1 aliphatic rings. The summed E-state index contributed by atoms with van der Waals surface area (Å²) < 4.78 is 0.